The lowest BCUT2D eigenvalue weighted by molar-refractivity contribution is -0.119. The summed E-state index contributed by atoms with van der Waals surface area (Å²) in [7, 11) is 0. The van der Waals surface area contributed by atoms with Crippen molar-refractivity contribution in [1.82, 2.24) is 0 Å². The van der Waals surface area contributed by atoms with Crippen molar-refractivity contribution in [3.8, 4) is 0 Å². The Kier molecular flexibility index (Phi) is 3.42. The van der Waals surface area contributed by atoms with Crippen molar-refractivity contribution in [1.29, 1.82) is 0 Å². The molecule has 0 heterocycles. The maximum absolute atomic E-state index is 11.5. The van der Waals surface area contributed by atoms with E-state index in [1.54, 1.807) is 13.8 Å². The van der Waals surface area contributed by atoms with Gasteiger partial charge in [0.15, 0.2) is 5.78 Å². The highest BCUT2D eigenvalue weighted by Crippen LogP contribution is 2.22. The molecule has 4 heteroatoms. The van der Waals surface area contributed by atoms with E-state index in [0.29, 0.717) is 5.57 Å². The summed E-state index contributed by atoms with van der Waals surface area (Å²) >= 11 is 0. The molecule has 14 heavy (non-hydrogen) atoms. The first-order chi connectivity index (χ1) is 6.43. The molecule has 0 aromatic carbocycles. The zero-order chi connectivity index (χ0) is 10.9. The Morgan fingerprint density at radius 2 is 2.00 bits per heavy atom. The molecular formula is C10H16O4. The predicted octanol–water partition coefficient (Wildman–Crippen LogP) is -0.376. The number of aliphatic hydroxyl groups is 3. The Balaban J connectivity index is 2.82. The summed E-state index contributed by atoms with van der Waals surface area (Å²) in [4.78, 5) is 11.5. The molecule has 3 atom stereocenters. The van der Waals surface area contributed by atoms with Gasteiger partial charge in [0.05, 0.1) is 6.10 Å². The van der Waals surface area contributed by atoms with E-state index in [0.717, 1.165) is 0 Å². The Morgan fingerprint density at radius 3 is 2.43 bits per heavy atom. The first-order valence-electron chi connectivity index (χ1n) is 4.72. The van der Waals surface area contributed by atoms with Crippen molar-refractivity contribution in [2.24, 2.45) is 5.92 Å². The molecule has 0 bridgehead atoms. The number of carbonyl (C=O) groups excluding carboxylic acids is 1. The lowest BCUT2D eigenvalue weighted by Crippen LogP contribution is -2.41. The minimum absolute atomic E-state index is 0.0880. The lowest BCUT2D eigenvalue weighted by Gasteiger charge is -2.27. The van der Waals surface area contributed by atoms with Gasteiger partial charge in [0.25, 0.3) is 0 Å². The largest absolute Gasteiger partial charge is 0.390 e. The van der Waals surface area contributed by atoms with Gasteiger partial charge in [0.2, 0.25) is 0 Å². The van der Waals surface area contributed by atoms with Crippen LogP contribution in [-0.2, 0) is 4.79 Å². The molecule has 0 saturated carbocycles. The third kappa shape index (κ3) is 2.20. The predicted molar refractivity (Wildman–Crippen MR) is 50.6 cm³/mol. The van der Waals surface area contributed by atoms with Gasteiger partial charge < -0.3 is 15.3 Å². The van der Waals surface area contributed by atoms with E-state index in [-0.39, 0.29) is 18.1 Å². The third-order valence-electron chi connectivity index (χ3n) is 2.39. The molecule has 1 aliphatic carbocycles. The number of carbonyl (C=O) groups is 1. The molecule has 1 aliphatic rings. The topological polar surface area (TPSA) is 77.8 Å². The monoisotopic (exact) mass is 200 g/mol. The van der Waals surface area contributed by atoms with Crippen LogP contribution in [0.15, 0.2) is 11.6 Å². The summed E-state index contributed by atoms with van der Waals surface area (Å²) in [6.07, 6.45) is -1.92. The van der Waals surface area contributed by atoms with Crippen LogP contribution in [0.3, 0.4) is 0 Å². The van der Waals surface area contributed by atoms with E-state index in [1.807, 2.05) is 0 Å². The van der Waals surface area contributed by atoms with Crippen LogP contribution in [0.4, 0.5) is 0 Å². The van der Waals surface area contributed by atoms with Gasteiger partial charge in [-0.2, -0.15) is 0 Å². The van der Waals surface area contributed by atoms with Crippen molar-refractivity contribution >= 4 is 5.78 Å². The maximum Gasteiger partial charge on any atom is 0.161 e. The molecular weight excluding hydrogens is 184 g/mol. The van der Waals surface area contributed by atoms with E-state index in [2.05, 4.69) is 0 Å². The van der Waals surface area contributed by atoms with Crippen molar-refractivity contribution in [3.05, 3.63) is 11.6 Å². The molecule has 0 fully saturated rings. The standard InChI is InChI=1S/C10H16O4/c1-5(2)9(13)6-3-7(11)10(14)8(12)4-6/h3,5,7-8,10-12,14H,4H2,1-2H3/t7-,8-,10-/m0/s1. The highest BCUT2D eigenvalue weighted by molar-refractivity contribution is 5.97. The van der Waals surface area contributed by atoms with Gasteiger partial charge in [-0.3, -0.25) is 4.79 Å². The number of rotatable bonds is 2. The molecule has 0 saturated heterocycles. The van der Waals surface area contributed by atoms with Gasteiger partial charge in [-0.1, -0.05) is 13.8 Å². The van der Waals surface area contributed by atoms with E-state index in [4.69, 9.17) is 0 Å². The average Bonchev–Trinajstić information content (AvgIpc) is 2.12. The van der Waals surface area contributed by atoms with Crippen LogP contribution in [0.25, 0.3) is 0 Å². The Bertz CT molecular complexity index is 257. The SMILES string of the molecule is CC(C)C(=O)C1=C[C@H](O)[C@H](O)[C@@H](O)C1. The second-order valence-corrected chi connectivity index (χ2v) is 3.96. The number of ketones is 1. The van der Waals surface area contributed by atoms with Crippen LogP contribution in [0.1, 0.15) is 20.3 Å². The molecule has 4 nitrogen and oxygen atoms in total. The molecule has 0 aromatic rings. The molecule has 0 spiro atoms. The lowest BCUT2D eigenvalue weighted by atomic mass is 9.87. The fourth-order valence-corrected chi connectivity index (χ4v) is 1.50. The summed E-state index contributed by atoms with van der Waals surface area (Å²) < 4.78 is 0. The van der Waals surface area contributed by atoms with Crippen molar-refractivity contribution < 1.29 is 20.1 Å². The van der Waals surface area contributed by atoms with Gasteiger partial charge in [-0.05, 0) is 11.6 Å². The van der Waals surface area contributed by atoms with Crippen LogP contribution in [-0.4, -0.2) is 39.4 Å². The highest BCUT2D eigenvalue weighted by Gasteiger charge is 2.31. The minimum Gasteiger partial charge on any atom is -0.390 e. The van der Waals surface area contributed by atoms with Crippen LogP contribution in [0.2, 0.25) is 0 Å². The number of Topliss-reactive ketones (excluding diaryl/α,β-unsaturated/α-hetero) is 1. The van der Waals surface area contributed by atoms with E-state index in [1.165, 1.54) is 6.08 Å². The molecule has 80 valence electrons. The second kappa shape index (κ2) is 4.21. The van der Waals surface area contributed by atoms with Crippen LogP contribution >= 0.6 is 0 Å². The normalized spacial score (nSPS) is 33.0. The van der Waals surface area contributed by atoms with Crippen molar-refractivity contribution in [2.45, 2.75) is 38.6 Å². The molecule has 0 amide bonds. The number of hydrogen-bond donors (Lipinski definition) is 3. The van der Waals surface area contributed by atoms with Gasteiger partial charge >= 0.3 is 0 Å². The fraction of sp³-hybridized carbons (Fsp3) is 0.700. The summed E-state index contributed by atoms with van der Waals surface area (Å²) in [5, 5.41) is 27.9. The highest BCUT2D eigenvalue weighted by atomic mass is 16.4. The summed E-state index contributed by atoms with van der Waals surface area (Å²) in [5.41, 5.74) is 0.408. The Morgan fingerprint density at radius 1 is 1.43 bits per heavy atom. The molecule has 0 radical (unpaired) electrons. The maximum atomic E-state index is 11.5. The molecule has 0 unspecified atom stereocenters. The van der Waals surface area contributed by atoms with Crippen LogP contribution in [0, 0.1) is 5.92 Å². The molecule has 1 rings (SSSR count). The van der Waals surface area contributed by atoms with Gasteiger partial charge in [-0.15, -0.1) is 0 Å². The first kappa shape index (κ1) is 11.4. The number of hydrogen-bond acceptors (Lipinski definition) is 4. The fourth-order valence-electron chi connectivity index (χ4n) is 1.50. The number of aliphatic hydroxyl groups excluding tert-OH is 3. The van der Waals surface area contributed by atoms with Crippen LogP contribution < -0.4 is 0 Å². The molecule has 0 aromatic heterocycles. The zero-order valence-corrected chi connectivity index (χ0v) is 8.34. The Hall–Kier alpha value is -0.710. The van der Waals surface area contributed by atoms with E-state index < -0.39 is 18.3 Å². The zero-order valence-electron chi connectivity index (χ0n) is 8.34. The van der Waals surface area contributed by atoms with Gasteiger partial charge in [0.1, 0.15) is 12.2 Å². The van der Waals surface area contributed by atoms with Gasteiger partial charge in [0, 0.05) is 12.3 Å². The first-order valence-corrected chi connectivity index (χ1v) is 4.72. The van der Waals surface area contributed by atoms with E-state index in [9.17, 15) is 20.1 Å². The van der Waals surface area contributed by atoms with Crippen molar-refractivity contribution in [2.75, 3.05) is 0 Å². The van der Waals surface area contributed by atoms with E-state index >= 15 is 0 Å². The third-order valence-corrected chi connectivity index (χ3v) is 2.39. The quantitative estimate of drug-likeness (QED) is 0.568. The smallest absolute Gasteiger partial charge is 0.161 e. The van der Waals surface area contributed by atoms with Crippen molar-refractivity contribution in [3.63, 3.8) is 0 Å². The minimum atomic E-state index is -1.18. The summed E-state index contributed by atoms with van der Waals surface area (Å²) in [6, 6.07) is 0. The molecule has 3 N–H and O–H groups in total. The van der Waals surface area contributed by atoms with Crippen LogP contribution in [0.5, 0.6) is 0 Å². The van der Waals surface area contributed by atoms with Gasteiger partial charge in [-0.25, -0.2) is 0 Å². The Labute approximate surface area is 82.9 Å². The second-order valence-electron chi connectivity index (χ2n) is 3.96. The summed E-state index contributed by atoms with van der Waals surface area (Å²) in [6.45, 7) is 3.51. The molecule has 0 aliphatic heterocycles. The average molecular weight is 200 g/mol. The summed E-state index contributed by atoms with van der Waals surface area (Å²) in [5.74, 6) is -0.245.